The zero-order valence-corrected chi connectivity index (χ0v) is 16.4. The molecule has 2 aliphatic heterocycles. The van der Waals surface area contributed by atoms with Crippen LogP contribution >= 0.6 is 11.6 Å². The van der Waals surface area contributed by atoms with Crippen molar-refractivity contribution >= 4 is 17.3 Å². The summed E-state index contributed by atoms with van der Waals surface area (Å²) in [6, 6.07) is 14.6. The first-order chi connectivity index (χ1) is 14.2. The Labute approximate surface area is 173 Å². The number of phenolic OH excluding ortho intramolecular Hbond substituents is 1. The smallest absolute Gasteiger partial charge is 0.215 e. The number of hydrogen-bond donors (Lipinski definition) is 1. The van der Waals surface area contributed by atoms with Crippen molar-refractivity contribution in [2.45, 2.75) is 18.7 Å². The third-order valence-corrected chi connectivity index (χ3v) is 5.47. The van der Waals surface area contributed by atoms with Crippen molar-refractivity contribution in [2.75, 3.05) is 7.11 Å². The van der Waals surface area contributed by atoms with E-state index < -0.39 is 6.23 Å². The standard InChI is InChI=1S/C22H18ClN3O3/c1-28-20-6-2-5-15-18-11-17(16-10-14(23)7-8-19(16)27)25-26(18)22(29-21(15)20)13-4-3-9-24-12-13/h2-10,12,18,22,27H,11H2,1H3/t18-,22+/m0/s1. The van der Waals surface area contributed by atoms with Crippen molar-refractivity contribution in [3.8, 4) is 17.2 Å². The highest BCUT2D eigenvalue weighted by Crippen LogP contribution is 2.50. The van der Waals surface area contributed by atoms with Gasteiger partial charge in [-0.15, -0.1) is 0 Å². The average molecular weight is 408 g/mol. The Balaban J connectivity index is 1.64. The molecule has 3 heterocycles. The molecule has 5 rings (SSSR count). The van der Waals surface area contributed by atoms with Crippen LogP contribution in [0.1, 0.15) is 35.4 Å². The summed E-state index contributed by atoms with van der Waals surface area (Å²) in [5.74, 6) is 1.53. The van der Waals surface area contributed by atoms with E-state index in [9.17, 15) is 5.11 Å². The fraction of sp³-hybridized carbons (Fsp3) is 0.182. The van der Waals surface area contributed by atoms with E-state index in [0.29, 0.717) is 28.5 Å². The third-order valence-electron chi connectivity index (χ3n) is 5.24. The van der Waals surface area contributed by atoms with Gasteiger partial charge >= 0.3 is 0 Å². The second kappa shape index (κ2) is 6.97. The molecule has 6 nitrogen and oxygen atoms in total. The molecule has 3 aromatic rings. The van der Waals surface area contributed by atoms with E-state index in [-0.39, 0.29) is 11.8 Å². The summed E-state index contributed by atoms with van der Waals surface area (Å²) in [4.78, 5) is 4.23. The molecule has 146 valence electrons. The Kier molecular flexibility index (Phi) is 4.28. The molecule has 0 saturated heterocycles. The summed E-state index contributed by atoms with van der Waals surface area (Å²) in [5.41, 5.74) is 3.25. The molecule has 2 aliphatic rings. The summed E-state index contributed by atoms with van der Waals surface area (Å²) in [5, 5.41) is 17.7. The van der Waals surface area contributed by atoms with Gasteiger partial charge in [0.2, 0.25) is 6.23 Å². The topological polar surface area (TPSA) is 67.2 Å². The molecule has 1 N–H and O–H groups in total. The Bertz CT molecular complexity index is 1100. The largest absolute Gasteiger partial charge is 0.507 e. The Morgan fingerprint density at radius 2 is 2.10 bits per heavy atom. The van der Waals surface area contributed by atoms with Crippen LogP contribution in [-0.2, 0) is 0 Å². The van der Waals surface area contributed by atoms with E-state index in [1.165, 1.54) is 0 Å². The van der Waals surface area contributed by atoms with E-state index in [0.717, 1.165) is 16.8 Å². The molecule has 0 radical (unpaired) electrons. The molecule has 29 heavy (non-hydrogen) atoms. The molecular weight excluding hydrogens is 390 g/mol. The highest BCUT2D eigenvalue weighted by Gasteiger charge is 2.42. The first kappa shape index (κ1) is 17.8. The molecule has 2 aromatic carbocycles. The Morgan fingerprint density at radius 3 is 2.90 bits per heavy atom. The molecule has 0 bridgehead atoms. The molecule has 7 heteroatoms. The summed E-state index contributed by atoms with van der Waals surface area (Å²) >= 11 is 6.16. The van der Waals surface area contributed by atoms with Crippen LogP contribution < -0.4 is 9.47 Å². The number of aromatic hydroxyl groups is 1. The number of ether oxygens (including phenoxy) is 2. The summed E-state index contributed by atoms with van der Waals surface area (Å²) in [6.45, 7) is 0. The first-order valence-electron chi connectivity index (χ1n) is 9.24. The summed E-state index contributed by atoms with van der Waals surface area (Å²) in [7, 11) is 1.63. The normalized spacial score (nSPS) is 19.8. The van der Waals surface area contributed by atoms with Crippen LogP contribution in [0.5, 0.6) is 17.2 Å². The fourth-order valence-electron chi connectivity index (χ4n) is 3.89. The van der Waals surface area contributed by atoms with Gasteiger partial charge in [0.1, 0.15) is 5.75 Å². The van der Waals surface area contributed by atoms with Gasteiger partial charge in [0.25, 0.3) is 0 Å². The number of rotatable bonds is 3. The number of fused-ring (bicyclic) bond motifs is 3. The van der Waals surface area contributed by atoms with Crippen molar-refractivity contribution in [1.29, 1.82) is 0 Å². The number of aromatic nitrogens is 1. The van der Waals surface area contributed by atoms with Gasteiger partial charge in [-0.25, -0.2) is 5.01 Å². The van der Waals surface area contributed by atoms with E-state index in [1.54, 1.807) is 37.7 Å². The predicted octanol–water partition coefficient (Wildman–Crippen LogP) is 4.69. The lowest BCUT2D eigenvalue weighted by Gasteiger charge is -2.38. The molecule has 2 atom stereocenters. The molecule has 0 amide bonds. The van der Waals surface area contributed by atoms with Gasteiger partial charge in [0, 0.05) is 40.5 Å². The van der Waals surface area contributed by atoms with Gasteiger partial charge in [-0.05, 0) is 30.3 Å². The monoisotopic (exact) mass is 407 g/mol. The molecule has 0 unspecified atom stereocenters. The average Bonchev–Trinajstić information content (AvgIpc) is 3.20. The van der Waals surface area contributed by atoms with Crippen molar-refractivity contribution in [2.24, 2.45) is 5.10 Å². The number of methoxy groups -OCH3 is 1. The minimum atomic E-state index is -0.462. The molecular formula is C22H18ClN3O3. The molecule has 0 spiro atoms. The van der Waals surface area contributed by atoms with Gasteiger partial charge in [-0.2, -0.15) is 5.10 Å². The van der Waals surface area contributed by atoms with Crippen molar-refractivity contribution in [3.63, 3.8) is 0 Å². The van der Waals surface area contributed by atoms with Crippen LogP contribution in [0.4, 0.5) is 0 Å². The molecule has 1 aromatic heterocycles. The van der Waals surface area contributed by atoms with Crippen LogP contribution in [0, 0.1) is 0 Å². The maximum Gasteiger partial charge on any atom is 0.215 e. The summed E-state index contributed by atoms with van der Waals surface area (Å²) < 4.78 is 11.9. The first-order valence-corrected chi connectivity index (χ1v) is 9.61. The second-order valence-corrected chi connectivity index (χ2v) is 7.38. The lowest BCUT2D eigenvalue weighted by Crippen LogP contribution is -2.33. The van der Waals surface area contributed by atoms with E-state index in [1.807, 2.05) is 35.3 Å². The fourth-order valence-corrected chi connectivity index (χ4v) is 4.06. The van der Waals surface area contributed by atoms with E-state index in [4.69, 9.17) is 26.2 Å². The van der Waals surface area contributed by atoms with Crippen LogP contribution in [0.3, 0.4) is 0 Å². The van der Waals surface area contributed by atoms with Crippen molar-refractivity contribution < 1.29 is 14.6 Å². The molecule has 0 fully saturated rings. The van der Waals surface area contributed by atoms with Crippen LogP contribution in [0.2, 0.25) is 5.02 Å². The third kappa shape index (κ3) is 2.96. The van der Waals surface area contributed by atoms with E-state index in [2.05, 4.69) is 4.98 Å². The van der Waals surface area contributed by atoms with Crippen molar-refractivity contribution in [1.82, 2.24) is 9.99 Å². The van der Waals surface area contributed by atoms with Crippen LogP contribution in [0.15, 0.2) is 66.0 Å². The lowest BCUT2D eigenvalue weighted by molar-refractivity contribution is -0.0211. The number of hydrazone groups is 1. The zero-order chi connectivity index (χ0) is 20.0. The predicted molar refractivity (Wildman–Crippen MR) is 109 cm³/mol. The number of phenols is 1. The lowest BCUT2D eigenvalue weighted by atomic mass is 9.95. The number of nitrogens with zero attached hydrogens (tertiary/aromatic N) is 3. The maximum atomic E-state index is 10.4. The summed E-state index contributed by atoms with van der Waals surface area (Å²) in [6.07, 6.45) is 3.64. The highest BCUT2D eigenvalue weighted by atomic mass is 35.5. The number of pyridine rings is 1. The molecule has 0 aliphatic carbocycles. The van der Waals surface area contributed by atoms with Gasteiger partial charge in [0.15, 0.2) is 11.5 Å². The van der Waals surface area contributed by atoms with Crippen molar-refractivity contribution in [3.05, 3.63) is 82.6 Å². The van der Waals surface area contributed by atoms with Gasteiger partial charge in [-0.1, -0.05) is 29.8 Å². The number of para-hydroxylation sites is 1. The number of hydrogen-bond acceptors (Lipinski definition) is 6. The Morgan fingerprint density at radius 1 is 1.21 bits per heavy atom. The zero-order valence-electron chi connectivity index (χ0n) is 15.6. The minimum absolute atomic E-state index is 0.0626. The van der Waals surface area contributed by atoms with Gasteiger partial charge in [-0.3, -0.25) is 4.98 Å². The van der Waals surface area contributed by atoms with E-state index >= 15 is 0 Å². The highest BCUT2D eigenvalue weighted by molar-refractivity contribution is 6.31. The maximum absolute atomic E-state index is 10.4. The SMILES string of the molecule is COc1cccc2c1O[C@H](c1cccnc1)N1N=C(c3cc(Cl)ccc3O)C[C@@H]21. The number of benzene rings is 2. The van der Waals surface area contributed by atoms with Crippen LogP contribution in [-0.4, -0.2) is 27.9 Å². The minimum Gasteiger partial charge on any atom is -0.507 e. The van der Waals surface area contributed by atoms with Gasteiger partial charge in [0.05, 0.1) is 18.9 Å². The second-order valence-electron chi connectivity index (χ2n) is 6.94. The van der Waals surface area contributed by atoms with Gasteiger partial charge < -0.3 is 14.6 Å². The quantitative estimate of drug-likeness (QED) is 0.682. The molecule has 0 saturated carbocycles. The Hall–Kier alpha value is -3.25. The van der Waals surface area contributed by atoms with Crippen LogP contribution in [0.25, 0.3) is 0 Å². The number of halogens is 1.